The first-order chi connectivity index (χ1) is 8.74. The second kappa shape index (κ2) is 12.0. The van der Waals surface area contributed by atoms with E-state index < -0.39 is 7.26 Å². The zero-order valence-electron chi connectivity index (χ0n) is 13.1. The van der Waals surface area contributed by atoms with Crippen LogP contribution in [0.5, 0.6) is 0 Å². The molecule has 0 aromatic carbocycles. The maximum absolute atomic E-state index is 2.62. The lowest BCUT2D eigenvalue weighted by molar-refractivity contribution is 0.840. The zero-order valence-corrected chi connectivity index (χ0v) is 14.0. The molecule has 0 saturated heterocycles. The fourth-order valence-electron chi connectivity index (χ4n) is 2.32. The van der Waals surface area contributed by atoms with Crippen molar-refractivity contribution >= 4 is 7.26 Å². The highest BCUT2D eigenvalue weighted by Crippen LogP contribution is 2.62. The lowest BCUT2D eigenvalue weighted by Crippen LogP contribution is -2.06. The van der Waals surface area contributed by atoms with Crippen molar-refractivity contribution in [2.45, 2.75) is 66.2 Å². The number of hydrogen-bond acceptors (Lipinski definition) is 0. The smallest absolute Gasteiger partial charge is 0.0635 e. The fraction of sp³-hybridized carbons (Fsp3) is 0.765. The zero-order chi connectivity index (χ0) is 13.7. The molecule has 0 radical (unpaired) electrons. The van der Waals surface area contributed by atoms with Crippen LogP contribution in [0.25, 0.3) is 0 Å². The Kier molecular flexibility index (Phi) is 11.9. The van der Waals surface area contributed by atoms with E-state index >= 15 is 0 Å². The Balaban J connectivity index is 4.72. The third-order valence-corrected chi connectivity index (χ3v) is 8.00. The van der Waals surface area contributed by atoms with Gasteiger partial charge in [0.25, 0.3) is 0 Å². The van der Waals surface area contributed by atoms with Crippen molar-refractivity contribution < 1.29 is 0 Å². The van der Waals surface area contributed by atoms with Crippen LogP contribution in [0.4, 0.5) is 0 Å². The molecule has 0 aliphatic rings. The van der Waals surface area contributed by atoms with Crippen LogP contribution in [-0.2, 0) is 0 Å². The van der Waals surface area contributed by atoms with Crippen LogP contribution < -0.4 is 0 Å². The van der Waals surface area contributed by atoms with Gasteiger partial charge in [0, 0.05) is 7.26 Å². The van der Waals surface area contributed by atoms with Crippen molar-refractivity contribution in [3.63, 3.8) is 0 Å². The molecule has 0 saturated carbocycles. The third kappa shape index (κ3) is 8.09. The molecule has 0 N–H and O–H groups in total. The first-order valence-corrected chi connectivity index (χ1v) is 10.3. The molecule has 0 heterocycles. The van der Waals surface area contributed by atoms with E-state index in [0.29, 0.717) is 0 Å². The Bertz CT molecular complexity index is 206. The van der Waals surface area contributed by atoms with Crippen LogP contribution in [-0.4, -0.2) is 18.5 Å². The Hall–Kier alpha value is -0.0900. The molecule has 0 atom stereocenters. The minimum absolute atomic E-state index is 0.807. The van der Waals surface area contributed by atoms with Gasteiger partial charge in [-0.1, -0.05) is 52.2 Å². The van der Waals surface area contributed by atoms with Crippen molar-refractivity contribution in [3.8, 4) is 0 Å². The van der Waals surface area contributed by atoms with Gasteiger partial charge in [0.05, 0.1) is 24.3 Å². The van der Waals surface area contributed by atoms with Crippen molar-refractivity contribution in [2.24, 2.45) is 0 Å². The predicted molar refractivity (Wildman–Crippen MR) is 90.2 cm³/mol. The first-order valence-electron chi connectivity index (χ1n) is 7.91. The van der Waals surface area contributed by atoms with Gasteiger partial charge < -0.3 is 0 Å². The van der Waals surface area contributed by atoms with Gasteiger partial charge in [-0.3, -0.25) is 0 Å². The second-order valence-electron chi connectivity index (χ2n) is 5.32. The van der Waals surface area contributed by atoms with E-state index in [1.165, 1.54) is 57.0 Å². The minimum Gasteiger partial charge on any atom is -0.0875 e. The van der Waals surface area contributed by atoms with Gasteiger partial charge in [0.2, 0.25) is 0 Å². The maximum Gasteiger partial charge on any atom is 0.0635 e. The molecule has 1 heteroatoms. The normalized spacial score (nSPS) is 12.9. The summed E-state index contributed by atoms with van der Waals surface area (Å²) in [6.07, 6.45) is 19.4. The van der Waals surface area contributed by atoms with Gasteiger partial charge >= 0.3 is 0 Å². The van der Waals surface area contributed by atoms with E-state index in [0.717, 1.165) is 0 Å². The molecular weight excluding hydrogens is 235 g/mol. The molecule has 0 amide bonds. The summed E-state index contributed by atoms with van der Waals surface area (Å²) in [6.45, 7) is 9.08. The molecule has 0 fully saturated rings. The SMILES string of the molecule is CC=CC=C[P+](CCCC)(CCCC)CCCC. The molecule has 0 nitrogen and oxygen atoms in total. The van der Waals surface area contributed by atoms with Crippen LogP contribution in [0.3, 0.4) is 0 Å². The molecule has 106 valence electrons. The Labute approximate surface area is 116 Å². The molecule has 18 heavy (non-hydrogen) atoms. The molecule has 0 aromatic heterocycles. The molecule has 0 unspecified atom stereocenters. The third-order valence-electron chi connectivity index (χ3n) is 3.58. The van der Waals surface area contributed by atoms with E-state index in [1.54, 1.807) is 0 Å². The molecule has 0 aromatic rings. The summed E-state index contributed by atoms with van der Waals surface area (Å²) >= 11 is 0. The Morgan fingerprint density at radius 3 is 1.50 bits per heavy atom. The Morgan fingerprint density at radius 1 is 0.722 bits per heavy atom. The van der Waals surface area contributed by atoms with E-state index in [-0.39, 0.29) is 0 Å². The van der Waals surface area contributed by atoms with Crippen LogP contribution in [0.15, 0.2) is 24.0 Å². The molecular formula is C17H34P+. The van der Waals surface area contributed by atoms with E-state index in [4.69, 9.17) is 0 Å². The average Bonchev–Trinajstić information content (AvgIpc) is 2.40. The van der Waals surface area contributed by atoms with E-state index in [9.17, 15) is 0 Å². The first kappa shape index (κ1) is 17.9. The summed E-state index contributed by atoms with van der Waals surface area (Å²) in [5.41, 5.74) is 0. The predicted octanol–water partition coefficient (Wildman–Crippen LogP) is 6.49. The number of unbranched alkanes of at least 4 members (excludes halogenated alkanes) is 3. The highest BCUT2D eigenvalue weighted by Gasteiger charge is 2.32. The number of allylic oxidation sites excluding steroid dienone is 3. The van der Waals surface area contributed by atoms with Crippen molar-refractivity contribution in [1.82, 2.24) is 0 Å². The summed E-state index contributed by atoms with van der Waals surface area (Å²) < 4.78 is 0. The molecule has 0 spiro atoms. The van der Waals surface area contributed by atoms with Crippen LogP contribution in [0.1, 0.15) is 66.2 Å². The molecule has 0 aliphatic heterocycles. The van der Waals surface area contributed by atoms with Crippen LogP contribution in [0, 0.1) is 0 Å². The summed E-state index contributed by atoms with van der Waals surface area (Å²) in [5, 5.41) is 0. The minimum atomic E-state index is -0.807. The summed E-state index contributed by atoms with van der Waals surface area (Å²) in [5.74, 6) is 2.62. The van der Waals surface area contributed by atoms with Gasteiger partial charge in [0.15, 0.2) is 0 Å². The fourth-order valence-corrected chi connectivity index (χ4v) is 6.74. The molecule has 0 aliphatic carbocycles. The topological polar surface area (TPSA) is 0 Å². The average molecular weight is 269 g/mol. The number of rotatable bonds is 11. The van der Waals surface area contributed by atoms with Gasteiger partial charge in [0.1, 0.15) is 0 Å². The monoisotopic (exact) mass is 269 g/mol. The Morgan fingerprint density at radius 2 is 1.17 bits per heavy atom. The number of hydrogen-bond donors (Lipinski definition) is 0. The van der Waals surface area contributed by atoms with Crippen molar-refractivity contribution in [3.05, 3.63) is 24.0 Å². The lowest BCUT2D eigenvalue weighted by Gasteiger charge is -2.24. The van der Waals surface area contributed by atoms with E-state index in [1.807, 2.05) is 0 Å². The quantitative estimate of drug-likeness (QED) is 0.297. The molecule has 0 rings (SSSR count). The van der Waals surface area contributed by atoms with Crippen molar-refractivity contribution in [2.75, 3.05) is 18.5 Å². The largest absolute Gasteiger partial charge is 0.0875 e. The highest BCUT2D eigenvalue weighted by atomic mass is 31.2. The van der Waals surface area contributed by atoms with E-state index in [2.05, 4.69) is 51.7 Å². The molecule has 0 bridgehead atoms. The standard InChI is InChI=1S/C17H34P/c1-5-9-13-17-18(14-10-6-2,15-11-7-3)16-12-8-4/h5,9,13,17H,6-8,10-12,14-16H2,1-4H3/q+1. The van der Waals surface area contributed by atoms with Gasteiger partial charge in [-0.05, 0) is 32.3 Å². The van der Waals surface area contributed by atoms with Crippen LogP contribution >= 0.6 is 7.26 Å². The van der Waals surface area contributed by atoms with Crippen molar-refractivity contribution in [1.29, 1.82) is 0 Å². The van der Waals surface area contributed by atoms with Gasteiger partial charge in [-0.15, -0.1) is 0 Å². The van der Waals surface area contributed by atoms with Gasteiger partial charge in [-0.25, -0.2) is 0 Å². The summed E-state index contributed by atoms with van der Waals surface area (Å²) in [4.78, 5) is 0. The van der Waals surface area contributed by atoms with Gasteiger partial charge in [-0.2, -0.15) is 0 Å². The highest BCUT2D eigenvalue weighted by molar-refractivity contribution is 7.78. The maximum atomic E-state index is 2.62. The summed E-state index contributed by atoms with van der Waals surface area (Å²) in [6, 6.07) is 0. The van der Waals surface area contributed by atoms with Crippen LogP contribution in [0.2, 0.25) is 0 Å². The summed E-state index contributed by atoms with van der Waals surface area (Å²) in [7, 11) is -0.807. The second-order valence-corrected chi connectivity index (χ2v) is 9.39. The lowest BCUT2D eigenvalue weighted by atomic mass is 10.4.